The standard InChI is InChI=1S/C14H15N5OS/c1-19-8-9(7-18-19)4-6-16-13(20)12-11(15)10-3-2-5-17-14(10)21-12/h2-3,5,7-8H,4,6,15H2,1H3,(H,16,20). The van der Waals surface area contributed by atoms with E-state index in [2.05, 4.69) is 15.4 Å². The molecule has 3 N–H and O–H groups in total. The SMILES string of the molecule is Cn1cc(CCNC(=O)c2sc3ncccc3c2N)cn1. The van der Waals surface area contributed by atoms with E-state index in [1.165, 1.54) is 11.3 Å². The van der Waals surface area contributed by atoms with Crippen molar-refractivity contribution in [1.29, 1.82) is 0 Å². The van der Waals surface area contributed by atoms with Gasteiger partial charge in [0.15, 0.2) is 0 Å². The Bertz CT molecular complexity index is 792. The van der Waals surface area contributed by atoms with Crippen molar-refractivity contribution >= 4 is 33.1 Å². The molecule has 0 aliphatic carbocycles. The van der Waals surface area contributed by atoms with E-state index in [4.69, 9.17) is 5.73 Å². The molecule has 3 aromatic heterocycles. The Morgan fingerprint density at radius 1 is 1.52 bits per heavy atom. The molecule has 6 nitrogen and oxygen atoms in total. The molecule has 0 saturated heterocycles. The first-order chi connectivity index (χ1) is 10.1. The summed E-state index contributed by atoms with van der Waals surface area (Å²) in [5, 5.41) is 7.81. The van der Waals surface area contributed by atoms with Gasteiger partial charge in [-0.25, -0.2) is 4.98 Å². The topological polar surface area (TPSA) is 85.8 Å². The van der Waals surface area contributed by atoms with Crippen LogP contribution in [0.2, 0.25) is 0 Å². The van der Waals surface area contributed by atoms with E-state index in [0.717, 1.165) is 22.2 Å². The van der Waals surface area contributed by atoms with Crippen LogP contribution in [0, 0.1) is 0 Å². The minimum absolute atomic E-state index is 0.153. The minimum Gasteiger partial charge on any atom is -0.397 e. The van der Waals surface area contributed by atoms with Crippen molar-refractivity contribution in [3.8, 4) is 0 Å². The molecule has 7 heteroatoms. The lowest BCUT2D eigenvalue weighted by molar-refractivity contribution is 0.0959. The Labute approximate surface area is 125 Å². The van der Waals surface area contributed by atoms with E-state index in [-0.39, 0.29) is 5.91 Å². The molecular formula is C14H15N5OS. The summed E-state index contributed by atoms with van der Waals surface area (Å²) >= 11 is 1.32. The fourth-order valence-electron chi connectivity index (χ4n) is 2.12. The number of carbonyl (C=O) groups is 1. The molecule has 0 saturated carbocycles. The summed E-state index contributed by atoms with van der Waals surface area (Å²) in [6.07, 6.45) is 6.17. The second kappa shape index (κ2) is 5.53. The second-order valence-corrected chi connectivity index (χ2v) is 5.73. The smallest absolute Gasteiger partial charge is 0.263 e. The number of nitrogens with one attached hydrogen (secondary N) is 1. The first kappa shape index (κ1) is 13.6. The van der Waals surface area contributed by atoms with Crippen LogP contribution in [-0.4, -0.2) is 27.2 Å². The number of thiophene rings is 1. The van der Waals surface area contributed by atoms with Crippen LogP contribution in [0.5, 0.6) is 0 Å². The van der Waals surface area contributed by atoms with E-state index >= 15 is 0 Å². The Morgan fingerprint density at radius 2 is 2.38 bits per heavy atom. The first-order valence-electron chi connectivity index (χ1n) is 6.54. The van der Waals surface area contributed by atoms with Gasteiger partial charge in [0.1, 0.15) is 9.71 Å². The molecule has 0 aliphatic heterocycles. The predicted octanol–water partition coefficient (Wildman–Crippen LogP) is 1.58. The lowest BCUT2D eigenvalue weighted by Gasteiger charge is -2.03. The normalized spacial score (nSPS) is 10.9. The molecule has 0 spiro atoms. The number of rotatable bonds is 4. The van der Waals surface area contributed by atoms with Crippen LogP contribution < -0.4 is 11.1 Å². The summed E-state index contributed by atoms with van der Waals surface area (Å²) in [5.74, 6) is -0.153. The van der Waals surface area contributed by atoms with Crippen LogP contribution in [0.4, 0.5) is 5.69 Å². The van der Waals surface area contributed by atoms with Gasteiger partial charge in [0, 0.05) is 31.4 Å². The van der Waals surface area contributed by atoms with Gasteiger partial charge in [-0.2, -0.15) is 5.10 Å². The Hall–Kier alpha value is -2.41. The summed E-state index contributed by atoms with van der Waals surface area (Å²) in [5.41, 5.74) is 7.61. The van der Waals surface area contributed by atoms with Crippen LogP contribution in [-0.2, 0) is 13.5 Å². The quantitative estimate of drug-likeness (QED) is 0.766. The average molecular weight is 301 g/mol. The molecule has 0 atom stereocenters. The highest BCUT2D eigenvalue weighted by atomic mass is 32.1. The lowest BCUT2D eigenvalue weighted by atomic mass is 10.2. The molecule has 3 heterocycles. The Balaban J connectivity index is 1.68. The maximum Gasteiger partial charge on any atom is 0.263 e. The number of aryl methyl sites for hydroxylation is 1. The van der Waals surface area contributed by atoms with Gasteiger partial charge in [0.2, 0.25) is 0 Å². The molecule has 0 radical (unpaired) electrons. The van der Waals surface area contributed by atoms with E-state index in [9.17, 15) is 4.79 Å². The van der Waals surface area contributed by atoms with Gasteiger partial charge in [-0.1, -0.05) is 0 Å². The van der Waals surface area contributed by atoms with Crippen molar-refractivity contribution < 1.29 is 4.79 Å². The highest BCUT2D eigenvalue weighted by molar-refractivity contribution is 7.21. The lowest BCUT2D eigenvalue weighted by Crippen LogP contribution is -2.25. The van der Waals surface area contributed by atoms with E-state index in [1.54, 1.807) is 17.1 Å². The van der Waals surface area contributed by atoms with Gasteiger partial charge < -0.3 is 11.1 Å². The van der Waals surface area contributed by atoms with Gasteiger partial charge in [-0.3, -0.25) is 9.48 Å². The maximum atomic E-state index is 12.2. The zero-order valence-electron chi connectivity index (χ0n) is 11.5. The number of carbonyl (C=O) groups excluding carboxylic acids is 1. The summed E-state index contributed by atoms with van der Waals surface area (Å²) in [4.78, 5) is 17.7. The second-order valence-electron chi connectivity index (χ2n) is 4.73. The predicted molar refractivity (Wildman–Crippen MR) is 83.3 cm³/mol. The molecule has 0 unspecified atom stereocenters. The monoisotopic (exact) mass is 301 g/mol. The molecule has 0 aliphatic rings. The molecule has 3 aromatic rings. The fraction of sp³-hybridized carbons (Fsp3) is 0.214. The summed E-state index contributed by atoms with van der Waals surface area (Å²) in [7, 11) is 1.87. The highest BCUT2D eigenvalue weighted by Crippen LogP contribution is 2.31. The fourth-order valence-corrected chi connectivity index (χ4v) is 3.10. The molecule has 0 fully saturated rings. The van der Waals surface area contributed by atoms with Gasteiger partial charge in [-0.15, -0.1) is 11.3 Å². The number of hydrogen-bond donors (Lipinski definition) is 2. The van der Waals surface area contributed by atoms with Crippen molar-refractivity contribution in [2.75, 3.05) is 12.3 Å². The van der Waals surface area contributed by atoms with Gasteiger partial charge in [0.05, 0.1) is 11.9 Å². The molecule has 21 heavy (non-hydrogen) atoms. The van der Waals surface area contributed by atoms with Gasteiger partial charge in [0.25, 0.3) is 5.91 Å². The van der Waals surface area contributed by atoms with E-state index in [1.807, 2.05) is 25.4 Å². The number of amides is 1. The van der Waals surface area contributed by atoms with Gasteiger partial charge in [-0.05, 0) is 24.1 Å². The summed E-state index contributed by atoms with van der Waals surface area (Å²) < 4.78 is 1.74. The number of aromatic nitrogens is 3. The number of nitrogens with zero attached hydrogens (tertiary/aromatic N) is 3. The zero-order chi connectivity index (χ0) is 14.8. The molecule has 1 amide bonds. The van der Waals surface area contributed by atoms with Crippen LogP contribution in [0.15, 0.2) is 30.7 Å². The van der Waals surface area contributed by atoms with E-state index in [0.29, 0.717) is 17.1 Å². The largest absolute Gasteiger partial charge is 0.397 e. The van der Waals surface area contributed by atoms with Crippen LogP contribution in [0.25, 0.3) is 10.2 Å². The molecule has 0 aromatic carbocycles. The number of nitrogens with two attached hydrogens (primary N) is 1. The maximum absolute atomic E-state index is 12.2. The zero-order valence-corrected chi connectivity index (χ0v) is 12.4. The number of pyridine rings is 1. The van der Waals surface area contributed by atoms with Crippen LogP contribution >= 0.6 is 11.3 Å². The third-order valence-corrected chi connectivity index (χ3v) is 4.30. The Kier molecular flexibility index (Phi) is 3.57. The number of fused-ring (bicyclic) bond motifs is 1. The number of nitrogen functional groups attached to an aromatic ring is 1. The van der Waals surface area contributed by atoms with Crippen LogP contribution in [0.1, 0.15) is 15.2 Å². The van der Waals surface area contributed by atoms with Gasteiger partial charge >= 0.3 is 0 Å². The van der Waals surface area contributed by atoms with Crippen molar-refractivity contribution in [3.05, 3.63) is 41.2 Å². The summed E-state index contributed by atoms with van der Waals surface area (Å²) in [6, 6.07) is 3.69. The summed E-state index contributed by atoms with van der Waals surface area (Å²) in [6.45, 7) is 0.547. The van der Waals surface area contributed by atoms with Crippen LogP contribution in [0.3, 0.4) is 0 Å². The molecule has 3 rings (SSSR count). The molecule has 108 valence electrons. The molecular weight excluding hydrogens is 286 g/mol. The first-order valence-corrected chi connectivity index (χ1v) is 7.35. The average Bonchev–Trinajstić information content (AvgIpc) is 3.03. The van der Waals surface area contributed by atoms with Crippen molar-refractivity contribution in [3.63, 3.8) is 0 Å². The highest BCUT2D eigenvalue weighted by Gasteiger charge is 2.16. The minimum atomic E-state index is -0.153. The van der Waals surface area contributed by atoms with Crippen molar-refractivity contribution in [2.24, 2.45) is 7.05 Å². The number of anilines is 1. The third-order valence-electron chi connectivity index (χ3n) is 3.17. The van der Waals surface area contributed by atoms with Crippen molar-refractivity contribution in [1.82, 2.24) is 20.1 Å². The third kappa shape index (κ3) is 2.73. The van der Waals surface area contributed by atoms with E-state index < -0.39 is 0 Å². The molecule has 0 bridgehead atoms. The number of hydrogen-bond acceptors (Lipinski definition) is 5. The Morgan fingerprint density at radius 3 is 3.10 bits per heavy atom. The van der Waals surface area contributed by atoms with Crippen molar-refractivity contribution in [2.45, 2.75) is 6.42 Å².